The van der Waals surface area contributed by atoms with E-state index < -0.39 is 0 Å². The Morgan fingerprint density at radius 1 is 1.14 bits per heavy atom. The first-order chi connectivity index (χ1) is 14.1. The van der Waals surface area contributed by atoms with E-state index >= 15 is 0 Å². The minimum absolute atomic E-state index is 0.0420. The van der Waals surface area contributed by atoms with Gasteiger partial charge in [0.25, 0.3) is 5.91 Å². The van der Waals surface area contributed by atoms with Crippen LogP contribution in [0.4, 0.5) is 0 Å². The summed E-state index contributed by atoms with van der Waals surface area (Å²) in [5, 5.41) is 0. The van der Waals surface area contributed by atoms with Gasteiger partial charge < -0.3 is 4.74 Å². The number of benzene rings is 2. The first-order valence-corrected chi connectivity index (χ1v) is 11.4. The molecule has 0 atom stereocenters. The number of carbonyl (C=O) groups is 1. The quantitative estimate of drug-likeness (QED) is 0.429. The van der Waals surface area contributed by atoms with Gasteiger partial charge in [0.1, 0.15) is 16.7 Å². The van der Waals surface area contributed by atoms with E-state index in [0.717, 1.165) is 29.7 Å². The molecule has 0 N–H and O–H groups in total. The molecule has 1 saturated heterocycles. The predicted molar refractivity (Wildman–Crippen MR) is 124 cm³/mol. The fourth-order valence-electron chi connectivity index (χ4n) is 3.97. The zero-order chi connectivity index (χ0) is 20.2. The van der Waals surface area contributed by atoms with Crippen LogP contribution in [0.2, 0.25) is 0 Å². The molecular formula is C24H25NO2S2. The SMILES string of the molecule is Cc1cccc(COc2ccccc2/C=C2\SC(=S)N(C3CCCCC3)C2=O)c1. The molecule has 5 heteroatoms. The molecule has 4 rings (SSSR count). The Morgan fingerprint density at radius 3 is 2.72 bits per heavy atom. The van der Waals surface area contributed by atoms with Crippen molar-refractivity contribution in [3.63, 3.8) is 0 Å². The van der Waals surface area contributed by atoms with Crippen molar-refractivity contribution >= 4 is 40.3 Å². The third kappa shape index (κ3) is 4.73. The lowest BCUT2D eigenvalue weighted by Crippen LogP contribution is -2.39. The fraction of sp³-hybridized carbons (Fsp3) is 0.333. The first kappa shape index (κ1) is 20.2. The molecular weight excluding hydrogens is 398 g/mol. The lowest BCUT2D eigenvalue weighted by Gasteiger charge is -2.29. The number of hydrogen-bond donors (Lipinski definition) is 0. The third-order valence-corrected chi connectivity index (χ3v) is 6.78. The average Bonchev–Trinajstić information content (AvgIpc) is 3.01. The number of hydrogen-bond acceptors (Lipinski definition) is 4. The van der Waals surface area contributed by atoms with Gasteiger partial charge in [-0.05, 0) is 37.5 Å². The second kappa shape index (κ2) is 9.14. The number of amides is 1. The maximum atomic E-state index is 13.1. The van der Waals surface area contributed by atoms with E-state index in [1.54, 1.807) is 0 Å². The van der Waals surface area contributed by atoms with Gasteiger partial charge in [-0.25, -0.2) is 0 Å². The molecule has 2 aromatic rings. The van der Waals surface area contributed by atoms with Crippen LogP contribution in [0.25, 0.3) is 6.08 Å². The van der Waals surface area contributed by atoms with Crippen molar-refractivity contribution in [1.82, 2.24) is 4.90 Å². The van der Waals surface area contributed by atoms with Crippen LogP contribution >= 0.6 is 24.0 Å². The Labute approximate surface area is 182 Å². The summed E-state index contributed by atoms with van der Waals surface area (Å²) in [5.74, 6) is 0.817. The molecule has 150 valence electrons. The number of thioether (sulfide) groups is 1. The Balaban J connectivity index is 1.52. The minimum atomic E-state index is 0.0420. The Morgan fingerprint density at radius 2 is 1.93 bits per heavy atom. The number of nitrogens with zero attached hydrogens (tertiary/aromatic N) is 1. The smallest absolute Gasteiger partial charge is 0.266 e. The molecule has 0 radical (unpaired) electrons. The molecule has 1 amide bonds. The van der Waals surface area contributed by atoms with Gasteiger partial charge in [-0.15, -0.1) is 0 Å². The van der Waals surface area contributed by atoms with E-state index in [-0.39, 0.29) is 11.9 Å². The topological polar surface area (TPSA) is 29.5 Å². The highest BCUT2D eigenvalue weighted by molar-refractivity contribution is 8.26. The number of aryl methyl sites for hydroxylation is 1. The van der Waals surface area contributed by atoms with Crippen molar-refractivity contribution in [2.45, 2.75) is 51.7 Å². The van der Waals surface area contributed by atoms with Crippen molar-refractivity contribution in [3.05, 3.63) is 70.1 Å². The van der Waals surface area contributed by atoms with Gasteiger partial charge in [0, 0.05) is 11.6 Å². The largest absolute Gasteiger partial charge is 0.488 e. The lowest BCUT2D eigenvalue weighted by atomic mass is 9.94. The van der Waals surface area contributed by atoms with E-state index in [0.29, 0.717) is 15.8 Å². The number of ether oxygens (including phenoxy) is 1. The number of rotatable bonds is 5. The molecule has 2 fully saturated rings. The standard InChI is InChI=1S/C24H25NO2S2/c1-17-8-7-9-18(14-17)16-27-21-13-6-5-10-19(21)15-22-23(26)25(24(28)29-22)20-11-3-2-4-12-20/h5-10,13-15,20H,2-4,11-12,16H2,1H3/b22-15-. The van der Waals surface area contributed by atoms with Crippen LogP contribution in [0, 0.1) is 6.92 Å². The van der Waals surface area contributed by atoms with Crippen molar-refractivity contribution < 1.29 is 9.53 Å². The van der Waals surface area contributed by atoms with Crippen molar-refractivity contribution in [2.24, 2.45) is 0 Å². The van der Waals surface area contributed by atoms with Gasteiger partial charge in [-0.3, -0.25) is 9.69 Å². The number of thiocarbonyl (C=S) groups is 1. The molecule has 1 aliphatic heterocycles. The summed E-state index contributed by atoms with van der Waals surface area (Å²) in [6.45, 7) is 2.57. The van der Waals surface area contributed by atoms with Crippen LogP contribution in [0.1, 0.15) is 48.8 Å². The molecule has 29 heavy (non-hydrogen) atoms. The van der Waals surface area contributed by atoms with Crippen LogP contribution in [0.3, 0.4) is 0 Å². The van der Waals surface area contributed by atoms with Crippen molar-refractivity contribution in [1.29, 1.82) is 0 Å². The zero-order valence-corrected chi connectivity index (χ0v) is 18.2. The van der Waals surface area contributed by atoms with Gasteiger partial charge in [0.15, 0.2) is 0 Å². The lowest BCUT2D eigenvalue weighted by molar-refractivity contribution is -0.124. The van der Waals surface area contributed by atoms with E-state index in [9.17, 15) is 4.79 Å². The van der Waals surface area contributed by atoms with Gasteiger partial charge in [-0.1, -0.05) is 91.3 Å². The second-order valence-electron chi connectivity index (χ2n) is 7.66. The van der Waals surface area contributed by atoms with E-state index in [2.05, 4.69) is 25.1 Å². The van der Waals surface area contributed by atoms with Crippen LogP contribution in [-0.4, -0.2) is 21.2 Å². The Kier molecular flexibility index (Phi) is 6.36. The molecule has 1 heterocycles. The minimum Gasteiger partial charge on any atom is -0.488 e. The van der Waals surface area contributed by atoms with E-state index in [1.165, 1.54) is 36.6 Å². The summed E-state index contributed by atoms with van der Waals surface area (Å²) in [5.41, 5.74) is 3.25. The predicted octanol–water partition coefficient (Wildman–Crippen LogP) is 6.11. The summed E-state index contributed by atoms with van der Waals surface area (Å²) in [6.07, 6.45) is 7.64. The van der Waals surface area contributed by atoms with Gasteiger partial charge in [0.2, 0.25) is 0 Å². The molecule has 0 bridgehead atoms. The normalized spacial score (nSPS) is 19.2. The summed E-state index contributed by atoms with van der Waals surface area (Å²) in [6, 6.07) is 16.4. The van der Waals surface area contributed by atoms with Crippen LogP contribution in [0.5, 0.6) is 5.75 Å². The Hall–Kier alpha value is -2.11. The van der Waals surface area contributed by atoms with Crippen LogP contribution in [-0.2, 0) is 11.4 Å². The second-order valence-corrected chi connectivity index (χ2v) is 9.33. The highest BCUT2D eigenvalue weighted by atomic mass is 32.2. The van der Waals surface area contributed by atoms with E-state index in [4.69, 9.17) is 17.0 Å². The average molecular weight is 424 g/mol. The maximum absolute atomic E-state index is 13.1. The summed E-state index contributed by atoms with van der Waals surface area (Å²) < 4.78 is 6.77. The summed E-state index contributed by atoms with van der Waals surface area (Å²) in [4.78, 5) is 15.6. The fourth-order valence-corrected chi connectivity index (χ4v) is 5.36. The molecule has 1 aliphatic carbocycles. The molecule has 1 saturated carbocycles. The summed E-state index contributed by atoms with van der Waals surface area (Å²) in [7, 11) is 0. The highest BCUT2D eigenvalue weighted by Crippen LogP contribution is 2.38. The molecule has 2 aliphatic rings. The molecule has 2 aromatic carbocycles. The summed E-state index contributed by atoms with van der Waals surface area (Å²) >= 11 is 6.96. The van der Waals surface area contributed by atoms with Gasteiger partial charge in [0.05, 0.1) is 4.91 Å². The van der Waals surface area contributed by atoms with E-state index in [1.807, 2.05) is 41.3 Å². The molecule has 0 spiro atoms. The monoisotopic (exact) mass is 423 g/mol. The Bertz CT molecular complexity index is 947. The first-order valence-electron chi connectivity index (χ1n) is 10.2. The third-order valence-electron chi connectivity index (χ3n) is 5.45. The maximum Gasteiger partial charge on any atom is 0.266 e. The van der Waals surface area contributed by atoms with Crippen LogP contribution < -0.4 is 4.74 Å². The van der Waals surface area contributed by atoms with Crippen molar-refractivity contribution in [2.75, 3.05) is 0 Å². The highest BCUT2D eigenvalue weighted by Gasteiger charge is 2.37. The van der Waals surface area contributed by atoms with Crippen molar-refractivity contribution in [3.8, 4) is 5.75 Å². The van der Waals surface area contributed by atoms with Gasteiger partial charge in [-0.2, -0.15) is 0 Å². The molecule has 0 unspecified atom stereocenters. The van der Waals surface area contributed by atoms with Crippen LogP contribution in [0.15, 0.2) is 53.4 Å². The number of para-hydroxylation sites is 1. The van der Waals surface area contributed by atoms with Gasteiger partial charge >= 0.3 is 0 Å². The molecule has 0 aromatic heterocycles. The molecule has 3 nitrogen and oxygen atoms in total. The zero-order valence-electron chi connectivity index (χ0n) is 16.6. The number of carbonyl (C=O) groups excluding carboxylic acids is 1.